The van der Waals surface area contributed by atoms with E-state index in [1.165, 1.54) is 5.56 Å². The Balaban J connectivity index is 2.32. The molecule has 1 atom stereocenters. The van der Waals surface area contributed by atoms with Crippen LogP contribution in [0.25, 0.3) is 0 Å². The Morgan fingerprint density at radius 3 is 2.57 bits per heavy atom. The summed E-state index contributed by atoms with van der Waals surface area (Å²) in [6, 6.07) is 9.49. The van der Waals surface area contributed by atoms with Gasteiger partial charge in [-0.2, -0.15) is 0 Å². The molecule has 4 nitrogen and oxygen atoms in total. The number of rotatable bonds is 6. The fraction of sp³-hybridized carbons (Fsp3) is 0.353. The summed E-state index contributed by atoms with van der Waals surface area (Å²) in [6.45, 7) is 5.77. The molecule has 2 aromatic rings. The van der Waals surface area contributed by atoms with Crippen LogP contribution in [0.2, 0.25) is 0 Å². The number of nitrogens with zero attached hydrogens (tertiary/aromatic N) is 1. The molecule has 1 heterocycles. The van der Waals surface area contributed by atoms with Gasteiger partial charge in [-0.3, -0.25) is 4.79 Å². The van der Waals surface area contributed by atoms with Crippen molar-refractivity contribution in [1.82, 2.24) is 9.88 Å². The molecule has 21 heavy (non-hydrogen) atoms. The first-order valence-corrected chi connectivity index (χ1v) is 7.18. The van der Waals surface area contributed by atoms with Crippen molar-refractivity contribution >= 4 is 0 Å². The van der Waals surface area contributed by atoms with Gasteiger partial charge in [0.1, 0.15) is 5.75 Å². The molecule has 0 radical (unpaired) electrons. The summed E-state index contributed by atoms with van der Waals surface area (Å²) in [4.78, 5) is 11.2. The molecule has 0 amide bonds. The molecule has 0 saturated heterocycles. The second-order valence-electron chi connectivity index (χ2n) is 5.09. The van der Waals surface area contributed by atoms with E-state index < -0.39 is 0 Å². The summed E-state index contributed by atoms with van der Waals surface area (Å²) in [5, 5.41) is 3.48. The largest absolute Gasteiger partial charge is 0.496 e. The lowest BCUT2D eigenvalue weighted by atomic mass is 10.0. The number of benzene rings is 1. The normalized spacial score (nSPS) is 12.1. The molecule has 0 saturated carbocycles. The SMILES string of the molecule is CCNC(Cn1ccc(=O)cc1)c1cc(C)ccc1OC. The van der Waals surface area contributed by atoms with Crippen molar-refractivity contribution in [3.8, 4) is 5.75 Å². The summed E-state index contributed by atoms with van der Waals surface area (Å²) in [5.41, 5.74) is 2.37. The second-order valence-corrected chi connectivity index (χ2v) is 5.09. The molecule has 1 N–H and O–H groups in total. The first kappa shape index (κ1) is 15.3. The third-order valence-electron chi connectivity index (χ3n) is 3.47. The third kappa shape index (κ3) is 3.95. The van der Waals surface area contributed by atoms with Gasteiger partial charge >= 0.3 is 0 Å². The Morgan fingerprint density at radius 2 is 1.95 bits per heavy atom. The molecule has 0 spiro atoms. The van der Waals surface area contributed by atoms with Crippen LogP contribution >= 0.6 is 0 Å². The van der Waals surface area contributed by atoms with Gasteiger partial charge in [0.15, 0.2) is 5.43 Å². The van der Waals surface area contributed by atoms with Gasteiger partial charge in [-0.25, -0.2) is 0 Å². The lowest BCUT2D eigenvalue weighted by molar-refractivity contribution is 0.390. The highest BCUT2D eigenvalue weighted by molar-refractivity contribution is 5.39. The first-order chi connectivity index (χ1) is 10.1. The quantitative estimate of drug-likeness (QED) is 0.887. The van der Waals surface area contributed by atoms with Crippen LogP contribution in [0.3, 0.4) is 0 Å². The van der Waals surface area contributed by atoms with Crippen molar-refractivity contribution in [3.05, 3.63) is 64.1 Å². The fourth-order valence-electron chi connectivity index (χ4n) is 2.42. The van der Waals surface area contributed by atoms with Crippen molar-refractivity contribution < 1.29 is 4.74 Å². The molecule has 0 aliphatic carbocycles. The summed E-state index contributed by atoms with van der Waals surface area (Å²) in [6.07, 6.45) is 3.63. The second kappa shape index (κ2) is 7.09. The standard InChI is InChI=1S/C17H22N2O2/c1-4-18-16(12-19-9-7-14(20)8-10-19)15-11-13(2)5-6-17(15)21-3/h5-11,16,18H,4,12H2,1-3H3. The molecule has 0 bridgehead atoms. The van der Waals surface area contributed by atoms with Crippen LogP contribution in [0.15, 0.2) is 47.5 Å². The van der Waals surface area contributed by atoms with Crippen molar-refractivity contribution in [2.75, 3.05) is 13.7 Å². The summed E-state index contributed by atoms with van der Waals surface area (Å²) < 4.78 is 7.50. The summed E-state index contributed by atoms with van der Waals surface area (Å²) in [7, 11) is 1.69. The number of likely N-dealkylation sites (N-methyl/N-ethyl adjacent to an activating group) is 1. The number of hydrogen-bond donors (Lipinski definition) is 1. The minimum absolute atomic E-state index is 0.0272. The highest BCUT2D eigenvalue weighted by Crippen LogP contribution is 2.27. The van der Waals surface area contributed by atoms with Gasteiger partial charge in [0.05, 0.1) is 13.2 Å². The predicted octanol–water partition coefficient (Wildman–Crippen LogP) is 2.52. The molecule has 1 aromatic heterocycles. The molecule has 2 rings (SSSR count). The zero-order valence-corrected chi connectivity index (χ0v) is 12.8. The van der Waals surface area contributed by atoms with Gasteiger partial charge < -0.3 is 14.6 Å². The van der Waals surface area contributed by atoms with E-state index in [2.05, 4.69) is 25.2 Å². The minimum atomic E-state index is 0.0272. The molecule has 4 heteroatoms. The number of nitrogens with one attached hydrogen (secondary N) is 1. The van der Waals surface area contributed by atoms with Crippen molar-refractivity contribution in [2.24, 2.45) is 0 Å². The summed E-state index contributed by atoms with van der Waals surface area (Å²) in [5.74, 6) is 0.882. The molecular formula is C17H22N2O2. The van der Waals surface area contributed by atoms with Gasteiger partial charge in [0.2, 0.25) is 0 Å². The first-order valence-electron chi connectivity index (χ1n) is 7.18. The number of pyridine rings is 1. The van der Waals surface area contributed by atoms with Gasteiger partial charge in [-0.05, 0) is 19.5 Å². The Labute approximate surface area is 125 Å². The smallest absolute Gasteiger partial charge is 0.181 e. The number of ether oxygens (including phenoxy) is 1. The molecule has 0 aliphatic rings. The monoisotopic (exact) mass is 286 g/mol. The van der Waals surface area contributed by atoms with E-state index in [1.54, 1.807) is 19.2 Å². The van der Waals surface area contributed by atoms with Crippen LogP contribution in [0.1, 0.15) is 24.1 Å². The number of hydrogen-bond acceptors (Lipinski definition) is 3. The zero-order valence-electron chi connectivity index (χ0n) is 12.8. The maximum absolute atomic E-state index is 11.2. The van der Waals surface area contributed by atoms with E-state index in [-0.39, 0.29) is 11.5 Å². The lowest BCUT2D eigenvalue weighted by Crippen LogP contribution is -2.26. The number of methoxy groups -OCH3 is 1. The van der Waals surface area contributed by atoms with Crippen molar-refractivity contribution in [1.29, 1.82) is 0 Å². The van der Waals surface area contributed by atoms with Crippen LogP contribution in [0, 0.1) is 6.92 Å². The predicted molar refractivity (Wildman–Crippen MR) is 84.9 cm³/mol. The Bertz CT molecular complexity index is 629. The Kier molecular flexibility index (Phi) is 5.17. The molecule has 1 aromatic carbocycles. The minimum Gasteiger partial charge on any atom is -0.496 e. The average molecular weight is 286 g/mol. The van der Waals surface area contributed by atoms with E-state index in [0.29, 0.717) is 0 Å². The van der Waals surface area contributed by atoms with E-state index >= 15 is 0 Å². The Hall–Kier alpha value is -2.07. The van der Waals surface area contributed by atoms with Crippen LogP contribution in [-0.2, 0) is 6.54 Å². The highest BCUT2D eigenvalue weighted by Gasteiger charge is 2.15. The van der Waals surface area contributed by atoms with Crippen LogP contribution < -0.4 is 15.5 Å². The van der Waals surface area contributed by atoms with E-state index in [1.807, 2.05) is 29.1 Å². The molecular weight excluding hydrogens is 264 g/mol. The fourth-order valence-corrected chi connectivity index (χ4v) is 2.42. The molecule has 112 valence electrons. The van der Waals surface area contributed by atoms with Gasteiger partial charge in [-0.15, -0.1) is 0 Å². The molecule has 0 aliphatic heterocycles. The van der Waals surface area contributed by atoms with E-state index in [9.17, 15) is 4.79 Å². The van der Waals surface area contributed by atoms with Gasteiger partial charge in [-0.1, -0.05) is 24.6 Å². The average Bonchev–Trinajstić information content (AvgIpc) is 2.49. The number of aromatic nitrogens is 1. The van der Waals surface area contributed by atoms with Gasteiger partial charge in [0.25, 0.3) is 0 Å². The van der Waals surface area contributed by atoms with Crippen LogP contribution in [0.5, 0.6) is 5.75 Å². The zero-order chi connectivity index (χ0) is 15.2. The Morgan fingerprint density at radius 1 is 1.24 bits per heavy atom. The highest BCUT2D eigenvalue weighted by atomic mass is 16.5. The van der Waals surface area contributed by atoms with Crippen LogP contribution in [-0.4, -0.2) is 18.2 Å². The topological polar surface area (TPSA) is 43.3 Å². The number of aryl methyl sites for hydroxylation is 1. The van der Waals surface area contributed by atoms with Crippen LogP contribution in [0.4, 0.5) is 0 Å². The summed E-state index contributed by atoms with van der Waals surface area (Å²) >= 11 is 0. The van der Waals surface area contributed by atoms with E-state index in [4.69, 9.17) is 4.74 Å². The molecule has 1 unspecified atom stereocenters. The molecule has 0 fully saturated rings. The lowest BCUT2D eigenvalue weighted by Gasteiger charge is -2.22. The maximum Gasteiger partial charge on any atom is 0.181 e. The van der Waals surface area contributed by atoms with Crippen molar-refractivity contribution in [3.63, 3.8) is 0 Å². The van der Waals surface area contributed by atoms with Gasteiger partial charge in [0, 0.05) is 36.6 Å². The van der Waals surface area contributed by atoms with E-state index in [0.717, 1.165) is 24.4 Å². The maximum atomic E-state index is 11.2. The third-order valence-corrected chi connectivity index (χ3v) is 3.47. The van der Waals surface area contributed by atoms with Crippen molar-refractivity contribution in [2.45, 2.75) is 26.4 Å².